The zero-order chi connectivity index (χ0) is 48.0. The molecule has 0 aliphatic carbocycles. The molecule has 0 fully saturated rings. The van der Waals surface area contributed by atoms with Crippen molar-refractivity contribution in [2.24, 2.45) is 0 Å². The van der Waals surface area contributed by atoms with Crippen molar-refractivity contribution in [1.82, 2.24) is 19.9 Å². The highest BCUT2D eigenvalue weighted by molar-refractivity contribution is 9.11. The third-order valence-electron chi connectivity index (χ3n) is 10.1. The molecule has 0 amide bonds. The molecule has 0 spiro atoms. The maximum atomic E-state index is 11.9. The van der Waals surface area contributed by atoms with E-state index in [0.29, 0.717) is 31.8 Å². The maximum Gasteiger partial charge on any atom is 0.573 e. The van der Waals surface area contributed by atoms with Crippen LogP contribution < -0.4 is 27.7 Å². The zero-order valence-electron chi connectivity index (χ0n) is 35.5. The fraction of sp³-hybridized carbons (Fsp3) is 0.0588. The fourth-order valence-corrected chi connectivity index (χ4v) is 11.0. The Kier molecular flexibility index (Phi) is 16.3. The highest BCUT2D eigenvalue weighted by atomic mass is 79.9. The molecule has 18 heteroatoms. The summed E-state index contributed by atoms with van der Waals surface area (Å²) < 4.78 is 41.5. The zero-order valence-corrected chi connectivity index (χ0v) is 42.0. The van der Waals surface area contributed by atoms with Crippen LogP contribution in [0.15, 0.2) is 164 Å². The van der Waals surface area contributed by atoms with Gasteiger partial charge in [0.1, 0.15) is 5.75 Å². The fourth-order valence-electron chi connectivity index (χ4n) is 7.08. The van der Waals surface area contributed by atoms with Crippen LogP contribution in [0.2, 0.25) is 0 Å². The average molecular weight is 1130 g/mol. The van der Waals surface area contributed by atoms with Crippen molar-refractivity contribution in [3.8, 4) is 50.8 Å². The van der Waals surface area contributed by atoms with Crippen LogP contribution in [0.3, 0.4) is 0 Å². The second-order valence-corrected chi connectivity index (χ2v) is 21.1. The van der Waals surface area contributed by atoms with Crippen molar-refractivity contribution < 1.29 is 17.9 Å². The van der Waals surface area contributed by atoms with Gasteiger partial charge in [-0.25, -0.2) is 19.9 Å². The first-order chi connectivity index (χ1) is 32.7. The highest BCUT2D eigenvalue weighted by Gasteiger charge is 2.31. The predicted octanol–water partition coefficient (Wildman–Crippen LogP) is 16.4. The predicted molar refractivity (Wildman–Crippen MR) is 294 cm³/mol. The van der Waals surface area contributed by atoms with Gasteiger partial charge in [-0.05, 0) is 107 Å². The largest absolute Gasteiger partial charge is 0.573 e. The van der Waals surface area contributed by atoms with E-state index in [1.165, 1.54) is 107 Å². The lowest BCUT2D eigenvalue weighted by molar-refractivity contribution is -0.274. The Balaban J connectivity index is 0.000000135. The number of fused-ring (bicyclic) bond motifs is 3. The molecule has 0 saturated carbocycles. The monoisotopic (exact) mass is 1120 g/mol. The molecular weight excluding hydrogens is 1090 g/mol. The molecule has 0 radical (unpaired) electrons. The summed E-state index contributed by atoms with van der Waals surface area (Å²) >= 11 is 12.7. The molecule has 11 aromatic rings. The Morgan fingerprint density at radius 1 is 0.493 bits per heavy atom. The van der Waals surface area contributed by atoms with Crippen LogP contribution in [-0.4, -0.2) is 26.3 Å². The molecule has 0 aliphatic rings. The van der Waals surface area contributed by atoms with Crippen molar-refractivity contribution in [1.29, 1.82) is 0 Å². The highest BCUT2D eigenvalue weighted by Crippen LogP contribution is 2.38. The van der Waals surface area contributed by atoms with E-state index in [2.05, 4.69) is 154 Å². The first kappa shape index (κ1) is 50.5. The molecular formula is C51H41Br2F3N8OS4. The number of thiazole rings is 4. The van der Waals surface area contributed by atoms with Gasteiger partial charge in [-0.1, -0.05) is 145 Å². The lowest BCUT2D eigenvalue weighted by Gasteiger charge is -2.08. The van der Waals surface area contributed by atoms with Crippen LogP contribution in [-0.2, 0) is 0 Å². The second kappa shape index (κ2) is 22.3. The molecule has 4 aromatic heterocycles. The SMILES string of the molecule is C.Cc1ccc(-c2csc(N)n2)c2ccccc12.Nc1nc(-c2ccc(OC(F)(F)F)cc2)cs1.Nc1nc(-c2ccc3ccccc3c2)c(Br)s1.Nc1nc(-c2cccc3ccccc23)c(Br)s1. The molecule has 0 atom stereocenters. The number of alkyl halides is 3. The minimum atomic E-state index is -4.67. The van der Waals surface area contributed by atoms with Crippen molar-refractivity contribution in [3.63, 3.8) is 0 Å². The molecule has 9 nitrogen and oxygen atoms in total. The number of nitrogen functional groups attached to an aromatic ring is 4. The molecule has 0 aliphatic heterocycles. The van der Waals surface area contributed by atoms with Crippen LogP contribution >= 0.6 is 77.2 Å². The van der Waals surface area contributed by atoms with Crippen molar-refractivity contribution in [2.45, 2.75) is 20.7 Å². The van der Waals surface area contributed by atoms with Gasteiger partial charge in [0.25, 0.3) is 0 Å². The van der Waals surface area contributed by atoms with E-state index in [0.717, 1.165) is 41.3 Å². The van der Waals surface area contributed by atoms with Crippen LogP contribution in [0, 0.1) is 6.92 Å². The number of hydrogen-bond acceptors (Lipinski definition) is 13. The number of ether oxygens (including phenoxy) is 1. The molecule has 0 bridgehead atoms. The van der Waals surface area contributed by atoms with Gasteiger partial charge < -0.3 is 27.7 Å². The summed E-state index contributed by atoms with van der Waals surface area (Å²) in [6.45, 7) is 2.13. The minimum Gasteiger partial charge on any atom is -0.406 e. The first-order valence-electron chi connectivity index (χ1n) is 20.3. The van der Waals surface area contributed by atoms with Gasteiger partial charge >= 0.3 is 6.36 Å². The Morgan fingerprint density at radius 2 is 1.03 bits per heavy atom. The summed E-state index contributed by atoms with van der Waals surface area (Å²) in [6.07, 6.45) is -4.67. The summed E-state index contributed by atoms with van der Waals surface area (Å²) in [5.41, 5.74) is 31.4. The van der Waals surface area contributed by atoms with Crippen LogP contribution in [0.4, 0.5) is 33.7 Å². The van der Waals surface area contributed by atoms with Gasteiger partial charge in [0.05, 0.1) is 30.3 Å². The molecule has 7 aromatic carbocycles. The average Bonchev–Trinajstić information content (AvgIpc) is 4.13. The topological polar surface area (TPSA) is 165 Å². The molecule has 0 unspecified atom stereocenters. The third kappa shape index (κ3) is 12.6. The number of benzene rings is 7. The summed E-state index contributed by atoms with van der Waals surface area (Å²) in [6, 6.07) is 47.2. The molecule has 8 N–H and O–H groups in total. The van der Waals surface area contributed by atoms with Crippen molar-refractivity contribution >= 4 is 130 Å². The van der Waals surface area contributed by atoms with E-state index in [1.54, 1.807) is 5.38 Å². The smallest absolute Gasteiger partial charge is 0.406 e. The Labute approximate surface area is 428 Å². The van der Waals surface area contributed by atoms with Gasteiger partial charge in [0.15, 0.2) is 20.5 Å². The van der Waals surface area contributed by atoms with E-state index in [1.807, 2.05) is 35.7 Å². The number of halogens is 5. The molecule has 11 rings (SSSR count). The summed E-state index contributed by atoms with van der Waals surface area (Å²) in [5.74, 6) is -0.260. The number of anilines is 4. The number of nitrogens with zero attached hydrogens (tertiary/aromatic N) is 4. The lowest BCUT2D eigenvalue weighted by Crippen LogP contribution is -2.16. The molecule has 69 heavy (non-hydrogen) atoms. The minimum absolute atomic E-state index is 0. The van der Waals surface area contributed by atoms with E-state index in [4.69, 9.17) is 22.9 Å². The van der Waals surface area contributed by atoms with E-state index >= 15 is 0 Å². The number of rotatable bonds is 5. The van der Waals surface area contributed by atoms with Gasteiger partial charge in [-0.2, -0.15) is 0 Å². The standard InChI is InChI=1S/C14H12N2S.2C13H9BrN2S.C10H7F3N2OS.CH4/c1-9-6-7-12(13-8-17-14(15)16-13)11-5-3-2-4-10(9)11;14-12-11(16-13(15)17-12)10-7-3-5-8-4-1-2-6-9(8)10;14-12-11(16-13(15)17-12)10-6-5-8-3-1-2-4-9(8)7-10;11-10(12,13)16-7-3-1-6(2-4-7)8-5-17-9(14)15-8;/h2-8H,1H3,(H2,15,16);2*1-7H,(H2,15,16);1-5H,(H2,14,15);1H4. The Hall–Kier alpha value is -6.41. The maximum absolute atomic E-state index is 11.9. The van der Waals surface area contributed by atoms with Gasteiger partial charge in [-0.3, -0.25) is 0 Å². The van der Waals surface area contributed by atoms with Crippen LogP contribution in [0.25, 0.3) is 77.3 Å². The van der Waals surface area contributed by atoms with E-state index in [9.17, 15) is 13.2 Å². The van der Waals surface area contributed by atoms with E-state index < -0.39 is 6.36 Å². The first-order valence-corrected chi connectivity index (χ1v) is 25.2. The quantitative estimate of drug-likeness (QED) is 0.131. The summed E-state index contributed by atoms with van der Waals surface area (Å²) in [7, 11) is 0. The number of hydrogen-bond donors (Lipinski definition) is 4. The molecule has 350 valence electrons. The van der Waals surface area contributed by atoms with Gasteiger partial charge in [0, 0.05) is 33.0 Å². The third-order valence-corrected chi connectivity index (χ3v) is 14.5. The number of aryl methyl sites for hydroxylation is 1. The normalized spacial score (nSPS) is 10.9. The summed E-state index contributed by atoms with van der Waals surface area (Å²) in [4.78, 5) is 17.1. The molecule has 4 heterocycles. The summed E-state index contributed by atoms with van der Waals surface area (Å²) in [5, 5.41) is 13.3. The van der Waals surface area contributed by atoms with Crippen molar-refractivity contribution in [2.75, 3.05) is 22.9 Å². The number of nitrogens with two attached hydrogens (primary N) is 4. The second-order valence-electron chi connectivity index (χ2n) is 14.6. The molecule has 0 saturated heterocycles. The Morgan fingerprint density at radius 3 is 1.62 bits per heavy atom. The lowest BCUT2D eigenvalue weighted by atomic mass is 9.99. The van der Waals surface area contributed by atoms with E-state index in [-0.39, 0.29) is 13.2 Å². The Bertz CT molecular complexity index is 3490. The van der Waals surface area contributed by atoms with Crippen molar-refractivity contribution in [3.05, 3.63) is 169 Å². The van der Waals surface area contributed by atoms with Gasteiger partial charge in [-0.15, -0.1) is 35.8 Å². The van der Waals surface area contributed by atoms with Gasteiger partial charge in [0.2, 0.25) is 0 Å². The van der Waals surface area contributed by atoms with Crippen LogP contribution in [0.5, 0.6) is 5.75 Å². The van der Waals surface area contributed by atoms with Crippen LogP contribution in [0.1, 0.15) is 13.0 Å². The number of aromatic nitrogens is 4.